The van der Waals surface area contributed by atoms with Crippen LogP contribution in [0.1, 0.15) is 23.9 Å². The van der Waals surface area contributed by atoms with Gasteiger partial charge in [0.15, 0.2) is 0 Å². The van der Waals surface area contributed by atoms with E-state index in [2.05, 4.69) is 34.9 Å². The first-order valence-corrected chi connectivity index (χ1v) is 7.92. The van der Waals surface area contributed by atoms with E-state index in [1.165, 1.54) is 11.3 Å². The normalized spacial score (nSPS) is 12.4. The van der Waals surface area contributed by atoms with Gasteiger partial charge in [-0.2, -0.15) is 5.10 Å². The smallest absolute Gasteiger partial charge is 0.118 e. The summed E-state index contributed by atoms with van der Waals surface area (Å²) >= 11 is 6.17. The number of hydrogen-bond donors (Lipinski definition) is 0. The van der Waals surface area contributed by atoms with Gasteiger partial charge in [-0.25, -0.2) is 0 Å². The van der Waals surface area contributed by atoms with Gasteiger partial charge in [-0.1, -0.05) is 12.1 Å². The lowest BCUT2D eigenvalue weighted by Crippen LogP contribution is -2.13. The summed E-state index contributed by atoms with van der Waals surface area (Å²) in [4.78, 5) is 0. The molecule has 0 aliphatic rings. The molecule has 0 amide bonds. The predicted molar refractivity (Wildman–Crippen MR) is 87.3 cm³/mol. The third-order valence-corrected chi connectivity index (χ3v) is 4.12. The summed E-state index contributed by atoms with van der Waals surface area (Å²) < 4.78 is 7.26. The largest absolute Gasteiger partial charge is 0.497 e. The van der Waals surface area contributed by atoms with Gasteiger partial charge in [-0.3, -0.25) is 4.68 Å². The van der Waals surface area contributed by atoms with Crippen LogP contribution in [-0.2, 0) is 19.4 Å². The summed E-state index contributed by atoms with van der Waals surface area (Å²) in [6, 6.07) is 10.4. The molecule has 1 heterocycles. The minimum atomic E-state index is 0.418. The Kier molecular flexibility index (Phi) is 5.68. The van der Waals surface area contributed by atoms with E-state index in [1.54, 1.807) is 7.11 Å². The molecule has 1 unspecified atom stereocenters. The van der Waals surface area contributed by atoms with Crippen molar-refractivity contribution in [1.29, 1.82) is 0 Å². The fourth-order valence-electron chi connectivity index (χ4n) is 2.61. The molecule has 0 saturated carbocycles. The van der Waals surface area contributed by atoms with Gasteiger partial charge < -0.3 is 4.74 Å². The van der Waals surface area contributed by atoms with Gasteiger partial charge in [0.25, 0.3) is 0 Å². The molecule has 0 bridgehead atoms. The highest BCUT2D eigenvalue weighted by Crippen LogP contribution is 2.19. The van der Waals surface area contributed by atoms with E-state index in [9.17, 15) is 0 Å². The summed E-state index contributed by atoms with van der Waals surface area (Å²) in [5, 5.41) is 4.50. The van der Waals surface area contributed by atoms with Gasteiger partial charge in [0.1, 0.15) is 5.75 Å². The summed E-state index contributed by atoms with van der Waals surface area (Å²) in [7, 11) is 1.69. The molecule has 0 radical (unpaired) electrons. The second kappa shape index (κ2) is 7.51. The lowest BCUT2D eigenvalue weighted by Gasteiger charge is -2.15. The Balaban J connectivity index is 2.05. The second-order valence-electron chi connectivity index (χ2n) is 5.37. The van der Waals surface area contributed by atoms with E-state index in [-0.39, 0.29) is 0 Å². The van der Waals surface area contributed by atoms with E-state index >= 15 is 0 Å². The molecule has 1 aromatic carbocycles. The van der Waals surface area contributed by atoms with Crippen molar-refractivity contribution in [3.8, 4) is 5.75 Å². The number of nitrogens with zero attached hydrogens (tertiary/aromatic N) is 2. The van der Waals surface area contributed by atoms with Crippen molar-refractivity contribution in [2.24, 2.45) is 5.92 Å². The van der Waals surface area contributed by atoms with E-state index < -0.39 is 0 Å². The Bertz CT molecular complexity index is 563. The van der Waals surface area contributed by atoms with Crippen molar-refractivity contribution in [2.45, 2.75) is 33.2 Å². The zero-order valence-electron chi connectivity index (χ0n) is 13.0. The third-order valence-electron chi connectivity index (χ3n) is 3.68. The highest BCUT2D eigenvalue weighted by atomic mass is 35.5. The SMILES string of the molecule is CCn1nc(C)cc1CC(CCl)Cc1ccc(OC)cc1. The quantitative estimate of drug-likeness (QED) is 0.726. The van der Waals surface area contributed by atoms with Gasteiger partial charge in [0.2, 0.25) is 0 Å². The van der Waals surface area contributed by atoms with Crippen molar-refractivity contribution < 1.29 is 4.74 Å². The number of aromatic nitrogens is 2. The number of hydrogen-bond acceptors (Lipinski definition) is 2. The van der Waals surface area contributed by atoms with Crippen LogP contribution in [0.15, 0.2) is 30.3 Å². The zero-order valence-corrected chi connectivity index (χ0v) is 13.7. The van der Waals surface area contributed by atoms with Gasteiger partial charge >= 0.3 is 0 Å². The van der Waals surface area contributed by atoms with E-state index in [4.69, 9.17) is 16.3 Å². The van der Waals surface area contributed by atoms with Gasteiger partial charge in [0, 0.05) is 18.1 Å². The molecule has 2 aromatic rings. The number of halogens is 1. The van der Waals surface area contributed by atoms with Crippen LogP contribution in [0.25, 0.3) is 0 Å². The zero-order chi connectivity index (χ0) is 15.2. The maximum atomic E-state index is 6.17. The molecule has 0 spiro atoms. The van der Waals surface area contributed by atoms with Crippen LogP contribution < -0.4 is 4.74 Å². The van der Waals surface area contributed by atoms with E-state index in [1.807, 2.05) is 19.1 Å². The highest BCUT2D eigenvalue weighted by Gasteiger charge is 2.13. The van der Waals surface area contributed by atoms with Crippen LogP contribution in [0.4, 0.5) is 0 Å². The standard InChI is InChI=1S/C17H23ClN2O/c1-4-20-16(9-13(2)19-20)11-15(12-18)10-14-5-7-17(21-3)8-6-14/h5-9,15H,4,10-12H2,1-3H3. The Morgan fingerprint density at radius 3 is 2.52 bits per heavy atom. The highest BCUT2D eigenvalue weighted by molar-refractivity contribution is 6.18. The lowest BCUT2D eigenvalue weighted by atomic mass is 9.96. The second-order valence-corrected chi connectivity index (χ2v) is 5.68. The summed E-state index contributed by atoms with van der Waals surface area (Å²) in [6.45, 7) is 5.06. The topological polar surface area (TPSA) is 27.1 Å². The van der Waals surface area contributed by atoms with E-state index in [0.29, 0.717) is 11.8 Å². The third kappa shape index (κ3) is 4.24. The van der Waals surface area contributed by atoms with Crippen LogP contribution in [0, 0.1) is 12.8 Å². The van der Waals surface area contributed by atoms with Crippen LogP contribution in [-0.4, -0.2) is 22.8 Å². The molecule has 0 aliphatic carbocycles. The van der Waals surface area contributed by atoms with Crippen LogP contribution in [0.3, 0.4) is 0 Å². The molecule has 21 heavy (non-hydrogen) atoms. The first-order valence-electron chi connectivity index (χ1n) is 7.38. The molecule has 0 aliphatic heterocycles. The van der Waals surface area contributed by atoms with Gasteiger partial charge in [0.05, 0.1) is 12.8 Å². The number of ether oxygens (including phenoxy) is 1. The molecule has 1 atom stereocenters. The molecule has 1 aromatic heterocycles. The van der Waals surface area contributed by atoms with Crippen LogP contribution in [0.5, 0.6) is 5.75 Å². The van der Waals surface area contributed by atoms with Gasteiger partial charge in [-0.05, 0) is 56.4 Å². The van der Waals surface area contributed by atoms with Crippen molar-refractivity contribution in [3.63, 3.8) is 0 Å². The molecule has 0 N–H and O–H groups in total. The Morgan fingerprint density at radius 2 is 1.95 bits per heavy atom. The Morgan fingerprint density at radius 1 is 1.24 bits per heavy atom. The number of rotatable bonds is 7. The number of aryl methyl sites for hydroxylation is 2. The number of benzene rings is 1. The minimum absolute atomic E-state index is 0.418. The average molecular weight is 307 g/mol. The van der Waals surface area contributed by atoms with Crippen LogP contribution >= 0.6 is 11.6 Å². The molecular formula is C17H23ClN2O. The lowest BCUT2D eigenvalue weighted by molar-refractivity contribution is 0.414. The molecule has 3 nitrogen and oxygen atoms in total. The predicted octanol–water partition coefficient (Wildman–Crippen LogP) is 3.86. The Hall–Kier alpha value is -1.48. The number of methoxy groups -OCH3 is 1. The average Bonchev–Trinajstić information content (AvgIpc) is 2.87. The minimum Gasteiger partial charge on any atom is -0.497 e. The summed E-state index contributed by atoms with van der Waals surface area (Å²) in [5.41, 5.74) is 3.64. The molecular weight excluding hydrogens is 284 g/mol. The molecule has 0 fully saturated rings. The maximum Gasteiger partial charge on any atom is 0.118 e. The first kappa shape index (κ1) is 15.9. The first-order chi connectivity index (χ1) is 10.2. The molecule has 4 heteroatoms. The van der Waals surface area contributed by atoms with E-state index in [0.717, 1.165) is 30.8 Å². The number of alkyl halides is 1. The molecule has 114 valence electrons. The van der Waals surface area contributed by atoms with Gasteiger partial charge in [-0.15, -0.1) is 11.6 Å². The molecule has 2 rings (SSSR count). The maximum absolute atomic E-state index is 6.17. The Labute approximate surface area is 131 Å². The van der Waals surface area contributed by atoms with Crippen molar-refractivity contribution in [3.05, 3.63) is 47.3 Å². The molecule has 0 saturated heterocycles. The monoisotopic (exact) mass is 306 g/mol. The van der Waals surface area contributed by atoms with Crippen LogP contribution in [0.2, 0.25) is 0 Å². The summed E-state index contributed by atoms with van der Waals surface area (Å²) in [5.74, 6) is 1.96. The summed E-state index contributed by atoms with van der Waals surface area (Å²) in [6.07, 6.45) is 1.94. The fraction of sp³-hybridized carbons (Fsp3) is 0.471. The fourth-order valence-corrected chi connectivity index (χ4v) is 2.83. The van der Waals surface area contributed by atoms with Crippen molar-refractivity contribution in [2.75, 3.05) is 13.0 Å². The van der Waals surface area contributed by atoms with Crippen molar-refractivity contribution >= 4 is 11.6 Å². The van der Waals surface area contributed by atoms with Crippen molar-refractivity contribution in [1.82, 2.24) is 9.78 Å².